The van der Waals surface area contributed by atoms with Gasteiger partial charge in [-0.1, -0.05) is 30.3 Å². The first-order valence-electron chi connectivity index (χ1n) is 8.18. The Bertz CT molecular complexity index is 647. The quantitative estimate of drug-likeness (QED) is 0.818. The second-order valence-electron chi connectivity index (χ2n) is 6.44. The van der Waals surface area contributed by atoms with Crippen molar-refractivity contribution in [3.05, 3.63) is 54.1 Å². The number of benzene rings is 1. The molecule has 0 bridgehead atoms. The van der Waals surface area contributed by atoms with Crippen LogP contribution in [0.25, 0.3) is 0 Å². The first kappa shape index (κ1) is 18.0. The minimum absolute atomic E-state index is 0.200. The largest absolute Gasteiger partial charge is 0.389 e. The second-order valence-corrected chi connectivity index (χ2v) is 6.44. The summed E-state index contributed by atoms with van der Waals surface area (Å²) in [5, 5.41) is 12.8. The van der Waals surface area contributed by atoms with Crippen LogP contribution in [-0.2, 0) is 13.1 Å². The lowest BCUT2D eigenvalue weighted by molar-refractivity contribution is 0.0479. The van der Waals surface area contributed by atoms with E-state index in [0.29, 0.717) is 19.6 Å². The number of hydrogen-bond donors (Lipinski definition) is 2. The number of hydrogen-bond acceptors (Lipinski definition) is 3. The standard InChI is InChI=1S/C18H26N4O2/c1-4-21(14-18(2,3)24)17(23)20-12-16-19-10-11-22(16)13-15-8-6-5-7-9-15/h5-11,24H,4,12-14H2,1-3H3,(H,20,23). The van der Waals surface area contributed by atoms with Crippen LogP contribution in [0.5, 0.6) is 0 Å². The maximum Gasteiger partial charge on any atom is 0.317 e. The highest BCUT2D eigenvalue weighted by atomic mass is 16.3. The number of carbonyl (C=O) groups excluding carboxylic acids is 1. The van der Waals surface area contributed by atoms with Crippen LogP contribution in [0.1, 0.15) is 32.2 Å². The highest BCUT2D eigenvalue weighted by molar-refractivity contribution is 5.74. The fourth-order valence-corrected chi connectivity index (χ4v) is 2.49. The smallest absolute Gasteiger partial charge is 0.317 e. The average molecular weight is 330 g/mol. The van der Waals surface area contributed by atoms with Crippen molar-refractivity contribution in [2.45, 2.75) is 39.5 Å². The maximum absolute atomic E-state index is 12.3. The summed E-state index contributed by atoms with van der Waals surface area (Å²) in [5.41, 5.74) is 0.263. The van der Waals surface area contributed by atoms with Crippen molar-refractivity contribution in [1.82, 2.24) is 19.8 Å². The van der Waals surface area contributed by atoms with Gasteiger partial charge in [0.2, 0.25) is 0 Å². The van der Waals surface area contributed by atoms with Gasteiger partial charge < -0.3 is 19.9 Å². The first-order chi connectivity index (χ1) is 11.4. The number of nitrogens with zero attached hydrogens (tertiary/aromatic N) is 3. The highest BCUT2D eigenvalue weighted by Crippen LogP contribution is 2.07. The van der Waals surface area contributed by atoms with Crippen molar-refractivity contribution in [2.75, 3.05) is 13.1 Å². The summed E-state index contributed by atoms with van der Waals surface area (Å²) in [7, 11) is 0. The molecular formula is C18H26N4O2. The van der Waals surface area contributed by atoms with Gasteiger partial charge in [-0.05, 0) is 26.3 Å². The molecule has 24 heavy (non-hydrogen) atoms. The van der Waals surface area contributed by atoms with Crippen LogP contribution in [0.2, 0.25) is 0 Å². The molecule has 2 amide bonds. The number of urea groups is 1. The van der Waals surface area contributed by atoms with Crippen LogP contribution in [0.15, 0.2) is 42.7 Å². The molecule has 6 nitrogen and oxygen atoms in total. The Hall–Kier alpha value is -2.34. The third-order valence-electron chi connectivity index (χ3n) is 3.64. The SMILES string of the molecule is CCN(CC(C)(C)O)C(=O)NCc1nccn1Cc1ccccc1. The van der Waals surface area contributed by atoms with E-state index in [9.17, 15) is 9.90 Å². The predicted octanol–water partition coefficient (Wildman–Crippen LogP) is 2.23. The molecule has 0 atom stereocenters. The van der Waals surface area contributed by atoms with E-state index in [2.05, 4.69) is 22.4 Å². The summed E-state index contributed by atoms with van der Waals surface area (Å²) in [5.74, 6) is 0.798. The third-order valence-corrected chi connectivity index (χ3v) is 3.64. The second kappa shape index (κ2) is 7.97. The van der Waals surface area contributed by atoms with E-state index in [1.165, 1.54) is 5.56 Å². The molecule has 0 aliphatic carbocycles. The lowest BCUT2D eigenvalue weighted by atomic mass is 10.1. The molecule has 2 aromatic rings. The minimum atomic E-state index is -0.918. The Balaban J connectivity index is 1.95. The van der Waals surface area contributed by atoms with Crippen LogP contribution < -0.4 is 5.32 Å². The van der Waals surface area contributed by atoms with Gasteiger partial charge >= 0.3 is 6.03 Å². The van der Waals surface area contributed by atoms with Gasteiger partial charge in [0, 0.05) is 25.5 Å². The number of imidazole rings is 1. The van der Waals surface area contributed by atoms with Gasteiger partial charge in [0.05, 0.1) is 18.7 Å². The maximum atomic E-state index is 12.3. The molecular weight excluding hydrogens is 304 g/mol. The molecule has 1 aromatic carbocycles. The van der Waals surface area contributed by atoms with Gasteiger partial charge in [-0.3, -0.25) is 0 Å². The molecule has 0 unspecified atom stereocenters. The molecule has 6 heteroatoms. The lowest BCUT2D eigenvalue weighted by Crippen LogP contribution is -2.46. The van der Waals surface area contributed by atoms with Crippen LogP contribution in [0.3, 0.4) is 0 Å². The highest BCUT2D eigenvalue weighted by Gasteiger charge is 2.21. The Kier molecular flexibility index (Phi) is 5.98. The Morgan fingerprint density at radius 1 is 1.33 bits per heavy atom. The summed E-state index contributed by atoms with van der Waals surface area (Å²) in [6.07, 6.45) is 3.64. The average Bonchev–Trinajstić information content (AvgIpc) is 2.97. The van der Waals surface area contributed by atoms with Crippen molar-refractivity contribution in [3.8, 4) is 0 Å². The van der Waals surface area contributed by atoms with E-state index in [0.717, 1.165) is 5.82 Å². The van der Waals surface area contributed by atoms with Gasteiger partial charge in [0.1, 0.15) is 5.82 Å². The molecule has 0 radical (unpaired) electrons. The summed E-state index contributed by atoms with van der Waals surface area (Å²) in [6, 6.07) is 9.91. The molecule has 1 aromatic heterocycles. The minimum Gasteiger partial charge on any atom is -0.389 e. The zero-order valence-electron chi connectivity index (χ0n) is 14.6. The molecule has 0 fully saturated rings. The van der Waals surface area contributed by atoms with Crippen LogP contribution in [0.4, 0.5) is 4.79 Å². The molecule has 0 saturated heterocycles. The molecule has 0 aliphatic heterocycles. The number of carbonyl (C=O) groups is 1. The van der Waals surface area contributed by atoms with E-state index in [4.69, 9.17) is 0 Å². The predicted molar refractivity (Wildman–Crippen MR) is 93.6 cm³/mol. The first-order valence-corrected chi connectivity index (χ1v) is 8.18. The molecule has 0 aliphatic rings. The van der Waals surface area contributed by atoms with E-state index in [1.54, 1.807) is 24.9 Å². The number of aliphatic hydroxyl groups is 1. The van der Waals surface area contributed by atoms with Crippen molar-refractivity contribution >= 4 is 6.03 Å². The number of likely N-dealkylation sites (N-methyl/N-ethyl adjacent to an activating group) is 1. The Morgan fingerprint density at radius 2 is 2.04 bits per heavy atom. The van der Waals surface area contributed by atoms with Gasteiger partial charge in [-0.25, -0.2) is 9.78 Å². The summed E-state index contributed by atoms with van der Waals surface area (Å²) in [6.45, 7) is 7.16. The fraction of sp³-hybridized carbons (Fsp3) is 0.444. The van der Waals surface area contributed by atoms with E-state index in [-0.39, 0.29) is 12.6 Å². The Morgan fingerprint density at radius 3 is 2.67 bits per heavy atom. The summed E-state index contributed by atoms with van der Waals surface area (Å²) < 4.78 is 2.02. The van der Waals surface area contributed by atoms with E-state index >= 15 is 0 Å². The van der Waals surface area contributed by atoms with Gasteiger partial charge in [-0.2, -0.15) is 0 Å². The van der Waals surface area contributed by atoms with Crippen molar-refractivity contribution in [3.63, 3.8) is 0 Å². The topological polar surface area (TPSA) is 70.4 Å². The number of amides is 2. The van der Waals surface area contributed by atoms with Crippen molar-refractivity contribution in [1.29, 1.82) is 0 Å². The van der Waals surface area contributed by atoms with Crippen LogP contribution >= 0.6 is 0 Å². The molecule has 0 saturated carbocycles. The fourth-order valence-electron chi connectivity index (χ4n) is 2.49. The number of nitrogens with one attached hydrogen (secondary N) is 1. The monoisotopic (exact) mass is 330 g/mol. The van der Waals surface area contributed by atoms with Gasteiger partial charge in [0.15, 0.2) is 0 Å². The molecule has 0 spiro atoms. The van der Waals surface area contributed by atoms with Crippen molar-refractivity contribution < 1.29 is 9.90 Å². The molecule has 1 heterocycles. The zero-order chi connectivity index (χ0) is 17.6. The van der Waals surface area contributed by atoms with Gasteiger partial charge in [-0.15, -0.1) is 0 Å². The van der Waals surface area contributed by atoms with Crippen LogP contribution in [-0.4, -0.2) is 44.3 Å². The molecule has 2 N–H and O–H groups in total. The molecule has 130 valence electrons. The van der Waals surface area contributed by atoms with Crippen molar-refractivity contribution in [2.24, 2.45) is 0 Å². The van der Waals surface area contributed by atoms with E-state index in [1.807, 2.05) is 35.9 Å². The summed E-state index contributed by atoms with van der Waals surface area (Å²) >= 11 is 0. The molecule has 2 rings (SSSR count). The van der Waals surface area contributed by atoms with Gasteiger partial charge in [0.25, 0.3) is 0 Å². The number of aromatic nitrogens is 2. The Labute approximate surface area is 143 Å². The lowest BCUT2D eigenvalue weighted by Gasteiger charge is -2.28. The van der Waals surface area contributed by atoms with E-state index < -0.39 is 5.60 Å². The summed E-state index contributed by atoms with van der Waals surface area (Å²) in [4.78, 5) is 18.2. The third kappa shape index (κ3) is 5.38. The normalized spacial score (nSPS) is 11.3. The van der Waals surface area contributed by atoms with Crippen LogP contribution in [0, 0.1) is 0 Å². The zero-order valence-corrected chi connectivity index (χ0v) is 14.6. The number of rotatable bonds is 7.